The van der Waals surface area contributed by atoms with E-state index in [1.54, 1.807) is 9.80 Å². The van der Waals surface area contributed by atoms with Gasteiger partial charge in [0, 0.05) is 49.6 Å². The average Bonchev–Trinajstić information content (AvgIpc) is 3.52. The molecular formula is C32H42N4O4. The first-order valence-electron chi connectivity index (χ1n) is 14.4. The summed E-state index contributed by atoms with van der Waals surface area (Å²) < 4.78 is 8.62. The van der Waals surface area contributed by atoms with Crippen LogP contribution in [0.25, 0.3) is 22.0 Å². The zero-order valence-electron chi connectivity index (χ0n) is 24.3. The van der Waals surface area contributed by atoms with E-state index in [1.165, 1.54) is 0 Å². The summed E-state index contributed by atoms with van der Waals surface area (Å²) in [5, 5.41) is 11.2. The second-order valence-electron chi connectivity index (χ2n) is 11.6. The smallest absolute Gasteiger partial charge is 0.271 e. The Labute approximate surface area is 237 Å². The third kappa shape index (κ3) is 5.16. The molecule has 1 saturated heterocycles. The maximum Gasteiger partial charge on any atom is 0.271 e. The van der Waals surface area contributed by atoms with Crippen LogP contribution >= 0.6 is 0 Å². The number of aliphatic hydroxyl groups excluding tert-OH is 1. The Morgan fingerprint density at radius 1 is 1.15 bits per heavy atom. The molecule has 2 aliphatic heterocycles. The lowest BCUT2D eigenvalue weighted by atomic mass is 9.96. The fourth-order valence-electron chi connectivity index (χ4n) is 6.36. The number of fused-ring (bicyclic) bond motifs is 5. The number of nitrogens with zero attached hydrogens (tertiary/aromatic N) is 4. The van der Waals surface area contributed by atoms with Crippen LogP contribution in [0, 0.1) is 5.92 Å². The Bertz CT molecular complexity index is 1380. The summed E-state index contributed by atoms with van der Waals surface area (Å²) in [7, 11) is 5.80. The monoisotopic (exact) mass is 546 g/mol. The number of aliphatic hydroxyl groups is 1. The van der Waals surface area contributed by atoms with Crippen LogP contribution in [0.5, 0.6) is 0 Å². The molecule has 2 amide bonds. The highest BCUT2D eigenvalue weighted by atomic mass is 16.5. The largest absolute Gasteiger partial charge is 0.394 e. The minimum Gasteiger partial charge on any atom is -0.394 e. The molecule has 0 saturated carbocycles. The lowest BCUT2D eigenvalue weighted by Crippen LogP contribution is -2.49. The van der Waals surface area contributed by atoms with Crippen LogP contribution in [0.2, 0.25) is 0 Å². The summed E-state index contributed by atoms with van der Waals surface area (Å²) in [6.07, 6.45) is 1.60. The first-order chi connectivity index (χ1) is 19.2. The summed E-state index contributed by atoms with van der Waals surface area (Å²) in [5.41, 5.74) is 4.44. The number of likely N-dealkylation sites (N-methyl/N-ethyl adjacent to an activating group) is 2. The molecule has 40 heavy (non-hydrogen) atoms. The SMILES string of the molecule is C[C@H](CO)N1C[C@H](C)[C@H](CN(C)C(=O)[C@@H]2CCCN2C)OCc2ccccc2-c2c(n(C)c3ccccc23)C1=O. The molecule has 1 aromatic heterocycles. The van der Waals surface area contributed by atoms with Crippen molar-refractivity contribution in [2.75, 3.05) is 40.3 Å². The van der Waals surface area contributed by atoms with Crippen molar-refractivity contribution in [2.24, 2.45) is 13.0 Å². The second kappa shape index (κ2) is 11.7. The van der Waals surface area contributed by atoms with Gasteiger partial charge in [-0.1, -0.05) is 49.4 Å². The number of hydrogen-bond donors (Lipinski definition) is 1. The maximum atomic E-state index is 14.4. The third-order valence-electron chi connectivity index (χ3n) is 8.86. The van der Waals surface area contributed by atoms with E-state index >= 15 is 0 Å². The molecule has 214 valence electrons. The van der Waals surface area contributed by atoms with Crippen LogP contribution in [-0.2, 0) is 23.2 Å². The number of benzene rings is 2. The predicted molar refractivity (Wildman–Crippen MR) is 157 cm³/mol. The Morgan fingerprint density at radius 2 is 1.88 bits per heavy atom. The molecule has 3 heterocycles. The molecule has 0 unspecified atom stereocenters. The van der Waals surface area contributed by atoms with Gasteiger partial charge in [-0.2, -0.15) is 0 Å². The van der Waals surface area contributed by atoms with Crippen LogP contribution in [0.1, 0.15) is 42.7 Å². The highest BCUT2D eigenvalue weighted by Crippen LogP contribution is 2.38. The van der Waals surface area contributed by atoms with E-state index in [0.29, 0.717) is 25.4 Å². The quantitative estimate of drug-likeness (QED) is 0.528. The molecular weight excluding hydrogens is 504 g/mol. The van der Waals surface area contributed by atoms with Crippen molar-refractivity contribution in [3.05, 3.63) is 59.8 Å². The fourth-order valence-corrected chi connectivity index (χ4v) is 6.36. The number of aromatic nitrogens is 1. The van der Waals surface area contributed by atoms with Crippen LogP contribution in [0.15, 0.2) is 48.5 Å². The van der Waals surface area contributed by atoms with E-state index in [4.69, 9.17) is 4.74 Å². The van der Waals surface area contributed by atoms with Crippen LogP contribution in [0.4, 0.5) is 0 Å². The molecule has 0 radical (unpaired) electrons. The number of carbonyl (C=O) groups excluding carboxylic acids is 2. The standard InChI is InChI=1S/C32H42N4O4/c1-21-17-36(22(2)19-37)32(39)30-29(25-13-8-9-14-26(25)35(30)5)24-12-7-6-11-23(24)20-40-28(21)18-34(4)31(38)27-15-10-16-33(27)3/h6-9,11-14,21-22,27-28,37H,10,15-20H2,1-5H3/t21-,22+,27-,28-/m0/s1. The van der Waals surface area contributed by atoms with Crippen molar-refractivity contribution in [3.8, 4) is 11.1 Å². The molecule has 1 fully saturated rings. The van der Waals surface area contributed by atoms with E-state index in [-0.39, 0.29) is 42.5 Å². The van der Waals surface area contributed by atoms with E-state index in [2.05, 4.69) is 30.0 Å². The van der Waals surface area contributed by atoms with Gasteiger partial charge in [0.2, 0.25) is 5.91 Å². The Balaban J connectivity index is 1.58. The van der Waals surface area contributed by atoms with Gasteiger partial charge in [-0.15, -0.1) is 0 Å². The van der Waals surface area contributed by atoms with Crippen molar-refractivity contribution in [2.45, 2.75) is 51.5 Å². The van der Waals surface area contributed by atoms with Crippen LogP contribution in [0.3, 0.4) is 0 Å². The van der Waals surface area contributed by atoms with Crippen LogP contribution < -0.4 is 0 Å². The lowest BCUT2D eigenvalue weighted by Gasteiger charge is -2.35. The van der Waals surface area contributed by atoms with Gasteiger partial charge in [-0.3, -0.25) is 14.5 Å². The maximum absolute atomic E-state index is 14.4. The van der Waals surface area contributed by atoms with Crippen molar-refractivity contribution in [1.29, 1.82) is 0 Å². The van der Waals surface area contributed by atoms with Gasteiger partial charge in [-0.05, 0) is 50.6 Å². The number of ether oxygens (including phenoxy) is 1. The minimum atomic E-state index is -0.385. The van der Waals surface area contributed by atoms with E-state index in [1.807, 2.05) is 63.0 Å². The van der Waals surface area contributed by atoms with Gasteiger partial charge >= 0.3 is 0 Å². The van der Waals surface area contributed by atoms with Crippen molar-refractivity contribution in [1.82, 2.24) is 19.3 Å². The van der Waals surface area contributed by atoms with Gasteiger partial charge in [0.05, 0.1) is 31.4 Å². The first kappa shape index (κ1) is 28.3. The van der Waals surface area contributed by atoms with E-state index < -0.39 is 0 Å². The van der Waals surface area contributed by atoms with Gasteiger partial charge < -0.3 is 24.2 Å². The molecule has 3 aromatic rings. The normalized spacial score (nSPS) is 23.0. The molecule has 8 heteroatoms. The summed E-state index contributed by atoms with van der Waals surface area (Å²) in [5.74, 6) is -0.0893. The number of likely N-dealkylation sites (tertiary alicyclic amines) is 1. The highest BCUT2D eigenvalue weighted by Gasteiger charge is 2.35. The van der Waals surface area contributed by atoms with E-state index in [0.717, 1.165) is 47.0 Å². The van der Waals surface area contributed by atoms with Crippen LogP contribution in [-0.4, -0.2) is 94.7 Å². The fraction of sp³-hybridized carbons (Fsp3) is 0.500. The van der Waals surface area contributed by atoms with Crippen molar-refractivity contribution >= 4 is 22.7 Å². The Hall–Kier alpha value is -3.20. The second-order valence-corrected chi connectivity index (χ2v) is 11.6. The van der Waals surface area contributed by atoms with Crippen molar-refractivity contribution < 1.29 is 19.4 Å². The minimum absolute atomic E-state index is 0.0853. The lowest BCUT2D eigenvalue weighted by molar-refractivity contribution is -0.137. The number of carbonyl (C=O) groups is 2. The zero-order chi connectivity index (χ0) is 28.6. The number of amides is 2. The molecule has 8 nitrogen and oxygen atoms in total. The summed E-state index contributed by atoms with van der Waals surface area (Å²) in [6, 6.07) is 15.7. The molecule has 0 spiro atoms. The summed E-state index contributed by atoms with van der Waals surface area (Å²) >= 11 is 0. The highest BCUT2D eigenvalue weighted by molar-refractivity contribution is 6.10. The first-order valence-corrected chi connectivity index (χ1v) is 14.4. The number of hydrogen-bond acceptors (Lipinski definition) is 5. The van der Waals surface area contributed by atoms with Crippen molar-refractivity contribution in [3.63, 3.8) is 0 Å². The molecule has 5 rings (SSSR count). The molecule has 0 aliphatic carbocycles. The molecule has 0 bridgehead atoms. The average molecular weight is 547 g/mol. The number of para-hydroxylation sites is 1. The van der Waals surface area contributed by atoms with Gasteiger partial charge in [0.15, 0.2) is 0 Å². The molecule has 1 N–H and O–H groups in total. The van der Waals surface area contributed by atoms with Gasteiger partial charge in [0.25, 0.3) is 5.91 Å². The topological polar surface area (TPSA) is 78.2 Å². The van der Waals surface area contributed by atoms with Gasteiger partial charge in [0.1, 0.15) is 5.69 Å². The Morgan fingerprint density at radius 3 is 2.60 bits per heavy atom. The number of rotatable bonds is 5. The van der Waals surface area contributed by atoms with Gasteiger partial charge in [-0.25, -0.2) is 0 Å². The zero-order valence-corrected chi connectivity index (χ0v) is 24.3. The third-order valence-corrected chi connectivity index (χ3v) is 8.86. The Kier molecular flexibility index (Phi) is 8.31. The predicted octanol–water partition coefficient (Wildman–Crippen LogP) is 3.76. The summed E-state index contributed by atoms with van der Waals surface area (Å²) in [6.45, 7) is 5.92. The summed E-state index contributed by atoms with van der Waals surface area (Å²) in [4.78, 5) is 33.5. The van der Waals surface area contributed by atoms with E-state index in [9.17, 15) is 14.7 Å². The number of aryl methyl sites for hydroxylation is 1. The molecule has 2 aliphatic rings. The molecule has 4 atom stereocenters. The molecule has 2 aromatic carbocycles.